The summed E-state index contributed by atoms with van der Waals surface area (Å²) in [7, 11) is 0. The van der Waals surface area contributed by atoms with Gasteiger partial charge in [0.05, 0.1) is 23.0 Å². The van der Waals surface area contributed by atoms with Crippen molar-refractivity contribution in [3.8, 4) is 11.3 Å². The van der Waals surface area contributed by atoms with Crippen LogP contribution in [0.2, 0.25) is 0 Å². The summed E-state index contributed by atoms with van der Waals surface area (Å²) in [5, 5.41) is 16.1. The lowest BCUT2D eigenvalue weighted by molar-refractivity contribution is -0.384. The Labute approximate surface area is 171 Å². The van der Waals surface area contributed by atoms with Crippen LogP contribution in [0.25, 0.3) is 11.3 Å². The molecule has 4 aliphatic carbocycles. The fraction of sp³-hybridized carbons (Fsp3) is 0.318. The second-order valence-corrected chi connectivity index (χ2v) is 8.40. The number of furan rings is 1. The van der Waals surface area contributed by atoms with E-state index in [1.807, 2.05) is 0 Å². The smallest absolute Gasteiger partial charge is 0.270 e. The first kappa shape index (κ1) is 17.3. The van der Waals surface area contributed by atoms with Gasteiger partial charge in [-0.3, -0.25) is 19.7 Å². The maximum Gasteiger partial charge on any atom is 0.270 e. The van der Waals surface area contributed by atoms with Crippen LogP contribution in [0.4, 0.5) is 5.69 Å². The number of non-ortho nitro benzene ring substituents is 1. The maximum absolute atomic E-state index is 12.9. The van der Waals surface area contributed by atoms with Gasteiger partial charge in [-0.25, -0.2) is 0 Å². The van der Waals surface area contributed by atoms with Crippen molar-refractivity contribution >= 4 is 23.7 Å². The molecule has 2 bridgehead atoms. The van der Waals surface area contributed by atoms with Crippen LogP contribution in [0.15, 0.2) is 58.1 Å². The molecule has 5 aliphatic rings. The third-order valence-electron chi connectivity index (χ3n) is 6.91. The molecule has 0 radical (unpaired) electrons. The van der Waals surface area contributed by atoms with E-state index < -0.39 is 4.92 Å². The first-order chi connectivity index (χ1) is 14.5. The first-order valence-corrected chi connectivity index (χ1v) is 9.98. The minimum absolute atomic E-state index is 0.0312. The maximum atomic E-state index is 12.9. The summed E-state index contributed by atoms with van der Waals surface area (Å²) in [5.41, 5.74) is 0.529. The van der Waals surface area contributed by atoms with Gasteiger partial charge in [0, 0.05) is 17.7 Å². The highest BCUT2D eigenvalue weighted by Crippen LogP contribution is 2.65. The van der Waals surface area contributed by atoms with Crippen molar-refractivity contribution in [3.05, 3.63) is 64.4 Å². The van der Waals surface area contributed by atoms with Gasteiger partial charge < -0.3 is 4.42 Å². The molecular weight excluding hydrogens is 386 g/mol. The number of imide groups is 1. The summed E-state index contributed by atoms with van der Waals surface area (Å²) in [4.78, 5) is 36.3. The summed E-state index contributed by atoms with van der Waals surface area (Å²) in [6.07, 6.45) is 6.71. The Morgan fingerprint density at radius 1 is 1.07 bits per heavy atom. The van der Waals surface area contributed by atoms with Gasteiger partial charge in [-0.2, -0.15) is 10.1 Å². The van der Waals surface area contributed by atoms with Gasteiger partial charge in [0.1, 0.15) is 11.5 Å². The number of rotatable bonds is 4. The molecule has 30 heavy (non-hydrogen) atoms. The topological polar surface area (TPSA) is 106 Å². The Morgan fingerprint density at radius 2 is 1.77 bits per heavy atom. The quantitative estimate of drug-likeness (QED) is 0.256. The second kappa shape index (κ2) is 5.98. The number of hydrazone groups is 1. The van der Waals surface area contributed by atoms with Crippen LogP contribution >= 0.6 is 0 Å². The lowest BCUT2D eigenvalue weighted by atomic mass is 9.63. The van der Waals surface area contributed by atoms with Crippen molar-refractivity contribution < 1.29 is 18.9 Å². The number of nitrogens with zero attached hydrogens (tertiary/aromatic N) is 3. The van der Waals surface area contributed by atoms with E-state index >= 15 is 0 Å². The van der Waals surface area contributed by atoms with Crippen LogP contribution in [0, 0.1) is 45.6 Å². The van der Waals surface area contributed by atoms with Crippen molar-refractivity contribution in [2.75, 3.05) is 0 Å². The molecule has 2 aromatic rings. The second-order valence-electron chi connectivity index (χ2n) is 8.40. The van der Waals surface area contributed by atoms with E-state index in [1.54, 1.807) is 24.3 Å². The van der Waals surface area contributed by atoms with Gasteiger partial charge in [-0.1, -0.05) is 24.3 Å². The highest BCUT2D eigenvalue weighted by atomic mass is 16.6. The van der Waals surface area contributed by atoms with E-state index in [0.717, 1.165) is 11.4 Å². The Balaban J connectivity index is 1.24. The number of nitro benzene ring substituents is 1. The van der Waals surface area contributed by atoms with Crippen molar-refractivity contribution in [2.24, 2.45) is 40.6 Å². The highest BCUT2D eigenvalue weighted by Gasteiger charge is 2.67. The molecule has 0 unspecified atom stereocenters. The molecule has 2 amide bonds. The average Bonchev–Trinajstić information content (AvgIpc) is 3.39. The molecule has 1 aromatic heterocycles. The summed E-state index contributed by atoms with van der Waals surface area (Å²) >= 11 is 0. The zero-order chi connectivity index (χ0) is 20.6. The largest absolute Gasteiger partial charge is 0.455 e. The molecule has 150 valence electrons. The highest BCUT2D eigenvalue weighted by molar-refractivity contribution is 6.06. The van der Waals surface area contributed by atoms with Crippen LogP contribution < -0.4 is 0 Å². The van der Waals surface area contributed by atoms with Gasteiger partial charge >= 0.3 is 0 Å². The summed E-state index contributed by atoms with van der Waals surface area (Å²) in [6, 6.07) is 9.44. The fourth-order valence-corrected chi connectivity index (χ4v) is 5.52. The number of benzene rings is 1. The predicted octanol–water partition coefficient (Wildman–Crippen LogP) is 3.24. The summed E-state index contributed by atoms with van der Waals surface area (Å²) in [5.74, 6) is 1.18. The van der Waals surface area contributed by atoms with E-state index in [-0.39, 0.29) is 41.2 Å². The molecule has 8 nitrogen and oxygen atoms in total. The molecular formula is C22H17N3O5. The molecule has 1 saturated heterocycles. The standard InChI is InChI=1S/C22H17N3O5/c26-21-19-14-5-6-15(17-9-16(14)17)20(19)22(27)24(21)23-10-13-4-7-18(30-13)11-2-1-3-12(8-11)25(28)29/h1-8,10,14-17,19-20H,9H2/b23-10-/t14-,15+,16-,17+,19-,20+. The van der Waals surface area contributed by atoms with Crippen LogP contribution in [0.3, 0.4) is 0 Å². The molecule has 3 fully saturated rings. The van der Waals surface area contributed by atoms with Crippen molar-refractivity contribution in [1.29, 1.82) is 0 Å². The van der Waals surface area contributed by atoms with Crippen LogP contribution in [-0.2, 0) is 9.59 Å². The molecule has 2 saturated carbocycles. The Hall–Kier alpha value is -3.55. The van der Waals surface area contributed by atoms with E-state index in [2.05, 4.69) is 17.3 Å². The number of nitro groups is 1. The van der Waals surface area contributed by atoms with E-state index in [0.29, 0.717) is 28.9 Å². The third kappa shape index (κ3) is 2.36. The van der Waals surface area contributed by atoms with Crippen LogP contribution in [-0.4, -0.2) is 28.0 Å². The van der Waals surface area contributed by atoms with Crippen LogP contribution in [0.5, 0.6) is 0 Å². The van der Waals surface area contributed by atoms with Crippen LogP contribution in [0.1, 0.15) is 12.2 Å². The molecule has 7 rings (SSSR count). The average molecular weight is 403 g/mol. The molecule has 0 spiro atoms. The minimum atomic E-state index is -0.467. The number of hydrogen-bond acceptors (Lipinski definition) is 6. The van der Waals surface area contributed by atoms with Gasteiger partial charge in [-0.05, 0) is 42.2 Å². The van der Waals surface area contributed by atoms with Gasteiger partial charge in [0.25, 0.3) is 17.5 Å². The summed E-state index contributed by atoms with van der Waals surface area (Å²) < 4.78 is 5.70. The first-order valence-electron chi connectivity index (χ1n) is 9.98. The lowest BCUT2D eigenvalue weighted by Gasteiger charge is -2.37. The number of carbonyl (C=O) groups excluding carboxylic acids is 2. The van der Waals surface area contributed by atoms with Crippen molar-refractivity contribution in [1.82, 2.24) is 5.01 Å². The number of allylic oxidation sites excluding steroid dienone is 2. The number of amides is 2. The molecule has 8 heteroatoms. The minimum Gasteiger partial charge on any atom is -0.455 e. The molecule has 2 heterocycles. The molecule has 6 atom stereocenters. The predicted molar refractivity (Wildman–Crippen MR) is 105 cm³/mol. The number of hydrogen-bond donors (Lipinski definition) is 0. The fourth-order valence-electron chi connectivity index (χ4n) is 5.52. The van der Waals surface area contributed by atoms with Crippen molar-refractivity contribution in [2.45, 2.75) is 6.42 Å². The number of carbonyl (C=O) groups is 2. The van der Waals surface area contributed by atoms with E-state index in [9.17, 15) is 19.7 Å². The molecule has 0 N–H and O–H groups in total. The Kier molecular flexibility index (Phi) is 3.45. The van der Waals surface area contributed by atoms with Gasteiger partial charge in [0.15, 0.2) is 0 Å². The van der Waals surface area contributed by atoms with E-state index in [4.69, 9.17) is 4.42 Å². The zero-order valence-corrected chi connectivity index (χ0v) is 15.8. The zero-order valence-electron chi connectivity index (χ0n) is 15.8. The monoisotopic (exact) mass is 403 g/mol. The molecule has 1 aromatic carbocycles. The lowest BCUT2D eigenvalue weighted by Crippen LogP contribution is -2.40. The van der Waals surface area contributed by atoms with Gasteiger partial charge in [-0.15, -0.1) is 0 Å². The normalized spacial score (nSPS) is 33.3. The van der Waals surface area contributed by atoms with Gasteiger partial charge in [0.2, 0.25) is 0 Å². The molecule has 1 aliphatic heterocycles. The van der Waals surface area contributed by atoms with Crippen molar-refractivity contribution in [3.63, 3.8) is 0 Å². The summed E-state index contributed by atoms with van der Waals surface area (Å²) in [6.45, 7) is 0. The Morgan fingerprint density at radius 3 is 2.43 bits per heavy atom. The third-order valence-corrected chi connectivity index (χ3v) is 6.91. The van der Waals surface area contributed by atoms with E-state index in [1.165, 1.54) is 18.3 Å². The Bertz CT molecular complexity index is 1130. The SMILES string of the molecule is O=C1[C@@H]2[C@@H]3C=C[C@@H]([C@@H]4C[C@H]34)[C@@H]2C(=O)N1/N=C\c1ccc(-c2cccc([N+](=O)[O-])c2)o1.